The summed E-state index contributed by atoms with van der Waals surface area (Å²) >= 11 is 3.42. The fraction of sp³-hybridized carbons (Fsp3) is 0.500. The molecule has 1 aromatic rings. The van der Waals surface area contributed by atoms with E-state index in [1.165, 1.54) is 0 Å². The molecule has 1 saturated heterocycles. The Labute approximate surface area is 116 Å². The lowest BCUT2D eigenvalue weighted by Gasteiger charge is -2.29. The third kappa shape index (κ3) is 3.12. The molecule has 1 aromatic carbocycles. The molecule has 0 spiro atoms. The van der Waals surface area contributed by atoms with Gasteiger partial charge in [-0.05, 0) is 56.0 Å². The second-order valence-corrected chi connectivity index (χ2v) is 5.92. The molecule has 18 heavy (non-hydrogen) atoms. The average molecular weight is 311 g/mol. The number of anilines is 1. The first-order valence-corrected chi connectivity index (χ1v) is 7.17. The van der Waals surface area contributed by atoms with Gasteiger partial charge in [-0.25, -0.2) is 0 Å². The summed E-state index contributed by atoms with van der Waals surface area (Å²) in [6.07, 6.45) is 2.27. The van der Waals surface area contributed by atoms with Crippen molar-refractivity contribution in [1.82, 2.24) is 5.32 Å². The minimum atomic E-state index is -0.0678. The third-order valence-electron chi connectivity index (χ3n) is 3.50. The Morgan fingerprint density at radius 1 is 1.50 bits per heavy atom. The topological polar surface area (TPSA) is 41.1 Å². The van der Waals surface area contributed by atoms with Crippen molar-refractivity contribution in [3.63, 3.8) is 0 Å². The largest absolute Gasteiger partial charge is 0.324 e. The van der Waals surface area contributed by atoms with Crippen LogP contribution in [0.5, 0.6) is 0 Å². The number of aryl methyl sites for hydroxylation is 1. The molecule has 1 heterocycles. The zero-order valence-electron chi connectivity index (χ0n) is 10.8. The average Bonchev–Trinajstić information content (AvgIpc) is 2.33. The van der Waals surface area contributed by atoms with E-state index in [0.29, 0.717) is 5.92 Å². The van der Waals surface area contributed by atoms with Gasteiger partial charge in [-0.1, -0.05) is 22.9 Å². The highest BCUT2D eigenvalue weighted by Crippen LogP contribution is 2.22. The SMILES string of the molecule is Cc1cc(Br)ccc1NC(=O)C1NCCCC1C. The number of amides is 1. The molecule has 1 aliphatic rings. The van der Waals surface area contributed by atoms with E-state index in [0.717, 1.165) is 35.1 Å². The third-order valence-corrected chi connectivity index (χ3v) is 3.99. The highest BCUT2D eigenvalue weighted by Gasteiger charge is 2.27. The van der Waals surface area contributed by atoms with E-state index in [4.69, 9.17) is 0 Å². The van der Waals surface area contributed by atoms with Crippen molar-refractivity contribution in [1.29, 1.82) is 0 Å². The van der Waals surface area contributed by atoms with Crippen LogP contribution in [0, 0.1) is 12.8 Å². The summed E-state index contributed by atoms with van der Waals surface area (Å²) < 4.78 is 1.03. The second-order valence-electron chi connectivity index (χ2n) is 5.00. The normalized spacial score (nSPS) is 23.7. The van der Waals surface area contributed by atoms with Crippen LogP contribution < -0.4 is 10.6 Å². The zero-order valence-corrected chi connectivity index (χ0v) is 12.4. The number of carbonyl (C=O) groups excluding carboxylic acids is 1. The molecule has 1 fully saturated rings. The molecule has 3 nitrogen and oxygen atoms in total. The number of halogens is 1. The Hall–Kier alpha value is -0.870. The molecular formula is C14H19BrN2O. The van der Waals surface area contributed by atoms with Crippen LogP contribution in [0.4, 0.5) is 5.69 Å². The number of piperidine rings is 1. The Morgan fingerprint density at radius 2 is 2.28 bits per heavy atom. The molecule has 4 heteroatoms. The summed E-state index contributed by atoms with van der Waals surface area (Å²) in [5.41, 5.74) is 1.96. The van der Waals surface area contributed by atoms with Gasteiger partial charge < -0.3 is 10.6 Å². The molecule has 0 aliphatic carbocycles. The van der Waals surface area contributed by atoms with Gasteiger partial charge in [0.15, 0.2) is 0 Å². The van der Waals surface area contributed by atoms with E-state index >= 15 is 0 Å². The van der Waals surface area contributed by atoms with E-state index in [2.05, 4.69) is 33.5 Å². The first-order valence-electron chi connectivity index (χ1n) is 6.38. The van der Waals surface area contributed by atoms with Gasteiger partial charge in [-0.2, -0.15) is 0 Å². The Balaban J connectivity index is 2.06. The molecular weight excluding hydrogens is 292 g/mol. The quantitative estimate of drug-likeness (QED) is 0.881. The standard InChI is InChI=1S/C14H19BrN2O/c1-9-4-3-7-16-13(9)14(18)17-12-6-5-11(15)8-10(12)2/h5-6,8-9,13,16H,3-4,7H2,1-2H3,(H,17,18). The molecule has 1 amide bonds. The van der Waals surface area contributed by atoms with Crippen molar-refractivity contribution in [3.05, 3.63) is 28.2 Å². The minimum absolute atomic E-state index is 0.0678. The second kappa shape index (κ2) is 5.85. The first kappa shape index (κ1) is 13.6. The molecule has 2 rings (SSSR count). The first-order chi connectivity index (χ1) is 8.58. The smallest absolute Gasteiger partial charge is 0.241 e. The summed E-state index contributed by atoms with van der Waals surface area (Å²) in [6.45, 7) is 5.06. The van der Waals surface area contributed by atoms with Crippen LogP contribution in [0.25, 0.3) is 0 Å². The van der Waals surface area contributed by atoms with Crippen molar-refractivity contribution in [2.45, 2.75) is 32.7 Å². The van der Waals surface area contributed by atoms with Crippen molar-refractivity contribution < 1.29 is 4.79 Å². The fourth-order valence-corrected chi connectivity index (χ4v) is 2.85. The lowest BCUT2D eigenvalue weighted by molar-refractivity contribution is -0.119. The van der Waals surface area contributed by atoms with Gasteiger partial charge in [-0.3, -0.25) is 4.79 Å². The van der Waals surface area contributed by atoms with Crippen LogP contribution in [0.2, 0.25) is 0 Å². The van der Waals surface area contributed by atoms with Crippen LogP contribution >= 0.6 is 15.9 Å². The van der Waals surface area contributed by atoms with Gasteiger partial charge in [0.25, 0.3) is 0 Å². The lowest BCUT2D eigenvalue weighted by Crippen LogP contribution is -2.48. The number of nitrogens with one attached hydrogen (secondary N) is 2. The van der Waals surface area contributed by atoms with Crippen LogP contribution in [0.3, 0.4) is 0 Å². The van der Waals surface area contributed by atoms with Gasteiger partial charge in [0.1, 0.15) is 0 Å². The number of hydrogen-bond acceptors (Lipinski definition) is 2. The predicted octanol–water partition coefficient (Wildman–Crippen LogP) is 3.08. The van der Waals surface area contributed by atoms with Crippen molar-refractivity contribution in [2.24, 2.45) is 5.92 Å². The summed E-state index contributed by atoms with van der Waals surface area (Å²) in [5, 5.41) is 6.31. The van der Waals surface area contributed by atoms with Crippen molar-refractivity contribution in [2.75, 3.05) is 11.9 Å². The highest BCUT2D eigenvalue weighted by molar-refractivity contribution is 9.10. The molecule has 2 N–H and O–H groups in total. The summed E-state index contributed by atoms with van der Waals surface area (Å²) in [5.74, 6) is 0.474. The highest BCUT2D eigenvalue weighted by atomic mass is 79.9. The van der Waals surface area contributed by atoms with Crippen LogP contribution in [-0.2, 0) is 4.79 Å². The number of rotatable bonds is 2. The van der Waals surface area contributed by atoms with Gasteiger partial charge >= 0.3 is 0 Å². The predicted molar refractivity (Wildman–Crippen MR) is 77.7 cm³/mol. The molecule has 2 unspecified atom stereocenters. The zero-order chi connectivity index (χ0) is 13.1. The molecule has 98 valence electrons. The molecule has 2 atom stereocenters. The molecule has 0 aromatic heterocycles. The summed E-state index contributed by atoms with van der Waals surface area (Å²) in [6, 6.07) is 5.82. The molecule has 0 bridgehead atoms. The maximum Gasteiger partial charge on any atom is 0.241 e. The summed E-state index contributed by atoms with van der Waals surface area (Å²) in [7, 11) is 0. The van der Waals surface area contributed by atoms with Gasteiger partial charge in [0.2, 0.25) is 5.91 Å². The summed E-state index contributed by atoms with van der Waals surface area (Å²) in [4.78, 5) is 12.2. The van der Waals surface area contributed by atoms with Crippen LogP contribution in [-0.4, -0.2) is 18.5 Å². The molecule has 0 radical (unpaired) electrons. The lowest BCUT2D eigenvalue weighted by atomic mass is 9.92. The van der Waals surface area contributed by atoms with Crippen molar-refractivity contribution in [3.8, 4) is 0 Å². The Morgan fingerprint density at radius 3 is 2.94 bits per heavy atom. The Kier molecular flexibility index (Phi) is 4.40. The molecule has 1 aliphatic heterocycles. The van der Waals surface area contributed by atoms with E-state index in [9.17, 15) is 4.79 Å². The Bertz CT molecular complexity index is 447. The van der Waals surface area contributed by atoms with Gasteiger partial charge in [-0.15, -0.1) is 0 Å². The monoisotopic (exact) mass is 310 g/mol. The fourth-order valence-electron chi connectivity index (χ4n) is 2.38. The van der Waals surface area contributed by atoms with Gasteiger partial charge in [0, 0.05) is 10.2 Å². The minimum Gasteiger partial charge on any atom is -0.324 e. The molecule has 0 saturated carbocycles. The van der Waals surface area contributed by atoms with E-state index < -0.39 is 0 Å². The van der Waals surface area contributed by atoms with E-state index in [1.54, 1.807) is 0 Å². The maximum atomic E-state index is 12.2. The van der Waals surface area contributed by atoms with E-state index in [-0.39, 0.29) is 11.9 Å². The number of hydrogen-bond donors (Lipinski definition) is 2. The van der Waals surface area contributed by atoms with Crippen molar-refractivity contribution >= 4 is 27.5 Å². The van der Waals surface area contributed by atoms with Gasteiger partial charge in [0.05, 0.1) is 6.04 Å². The van der Waals surface area contributed by atoms with Crippen LogP contribution in [0.15, 0.2) is 22.7 Å². The van der Waals surface area contributed by atoms with E-state index in [1.807, 2.05) is 25.1 Å². The maximum absolute atomic E-state index is 12.2. The van der Waals surface area contributed by atoms with Crippen LogP contribution in [0.1, 0.15) is 25.3 Å². The number of benzene rings is 1. The number of carbonyl (C=O) groups is 1.